The van der Waals surface area contributed by atoms with Gasteiger partial charge in [-0.15, -0.1) is 0 Å². The molecule has 5 aromatic rings. The Balaban J connectivity index is 0.00000100. The lowest BCUT2D eigenvalue weighted by Crippen LogP contribution is -2.24. The highest BCUT2D eigenvalue weighted by atomic mass is 16.2. The second-order valence-electron chi connectivity index (χ2n) is 8.21. The number of hydrogen-bond donors (Lipinski definition) is 0. The summed E-state index contributed by atoms with van der Waals surface area (Å²) in [6.07, 6.45) is 7.16. The Bertz CT molecular complexity index is 1670. The number of pyridine rings is 2. The van der Waals surface area contributed by atoms with E-state index in [-0.39, 0.29) is 11.5 Å². The highest BCUT2D eigenvalue weighted by Gasteiger charge is 2.13. The van der Waals surface area contributed by atoms with Crippen molar-refractivity contribution >= 4 is 45.6 Å². The van der Waals surface area contributed by atoms with Gasteiger partial charge < -0.3 is 4.90 Å². The van der Waals surface area contributed by atoms with Crippen molar-refractivity contribution in [2.24, 2.45) is 0 Å². The molecule has 0 aliphatic rings. The van der Waals surface area contributed by atoms with Crippen molar-refractivity contribution in [3.63, 3.8) is 0 Å². The second-order valence-corrected chi connectivity index (χ2v) is 8.21. The van der Waals surface area contributed by atoms with Crippen LogP contribution in [0.1, 0.15) is 38.8 Å². The third-order valence-electron chi connectivity index (χ3n) is 5.99. The van der Waals surface area contributed by atoms with Gasteiger partial charge in [-0.1, -0.05) is 88.9 Å². The lowest BCUT2D eigenvalue weighted by Gasteiger charge is -2.18. The summed E-state index contributed by atoms with van der Waals surface area (Å²) in [6, 6.07) is 26.8. The Morgan fingerprint density at radius 1 is 0.846 bits per heavy atom. The van der Waals surface area contributed by atoms with Crippen molar-refractivity contribution in [1.29, 1.82) is 0 Å². The molecule has 5 nitrogen and oxygen atoms in total. The van der Waals surface area contributed by atoms with Crippen LogP contribution in [0.3, 0.4) is 0 Å². The lowest BCUT2D eigenvalue weighted by atomic mass is 10.1. The second kappa shape index (κ2) is 13.7. The number of likely N-dealkylation sites (N-methyl/N-ethyl adjacent to an activating group) is 1. The molecule has 39 heavy (non-hydrogen) atoms. The van der Waals surface area contributed by atoms with Gasteiger partial charge in [0.05, 0.1) is 16.7 Å². The van der Waals surface area contributed by atoms with Crippen LogP contribution in [0.5, 0.6) is 0 Å². The number of rotatable bonds is 5. The quantitative estimate of drug-likeness (QED) is 0.135. The number of aromatic nitrogens is 2. The van der Waals surface area contributed by atoms with Crippen LogP contribution >= 0.6 is 0 Å². The van der Waals surface area contributed by atoms with Crippen LogP contribution in [0.15, 0.2) is 109 Å². The minimum atomic E-state index is -0.225. The van der Waals surface area contributed by atoms with Crippen LogP contribution in [0.2, 0.25) is 0 Å². The summed E-state index contributed by atoms with van der Waals surface area (Å²) in [7, 11) is 1.68. The molecule has 0 aliphatic carbocycles. The van der Waals surface area contributed by atoms with E-state index in [0.29, 0.717) is 11.4 Å². The number of nitrogens with zero attached hydrogens (tertiary/aromatic N) is 3. The standard InChI is InChI=1S/C30H23N3O2.2C2H6/c1-3-28(34)32(2)24-10-7-11-25(19-24)33-29(35)17-15-23-20-31-27-16-14-22(18-26(27)30(23)33)13-12-21-8-5-4-6-9-21;2*1-2/h3-20H,1H2,2H3;2*1-2H3/b13-12+;;. The minimum absolute atomic E-state index is 0.162. The summed E-state index contributed by atoms with van der Waals surface area (Å²) in [5, 5.41) is 1.72. The van der Waals surface area contributed by atoms with Gasteiger partial charge >= 0.3 is 0 Å². The predicted molar refractivity (Wildman–Crippen MR) is 167 cm³/mol. The summed E-state index contributed by atoms with van der Waals surface area (Å²) in [5.41, 5.74) is 4.85. The number of carbonyl (C=O) groups excluding carboxylic acids is 1. The molecule has 2 heterocycles. The minimum Gasteiger partial charge on any atom is -0.312 e. The van der Waals surface area contributed by atoms with Gasteiger partial charge in [0.2, 0.25) is 5.91 Å². The first kappa shape index (κ1) is 28.8. The van der Waals surface area contributed by atoms with Gasteiger partial charge in [-0.05, 0) is 53.6 Å². The highest BCUT2D eigenvalue weighted by molar-refractivity contribution is 6.05. The first-order valence-electron chi connectivity index (χ1n) is 13.2. The van der Waals surface area contributed by atoms with Crippen LogP contribution in [0.4, 0.5) is 5.69 Å². The van der Waals surface area contributed by atoms with Crippen molar-refractivity contribution in [3.8, 4) is 5.69 Å². The first-order chi connectivity index (χ1) is 19.0. The largest absolute Gasteiger partial charge is 0.312 e. The molecule has 0 aliphatic heterocycles. The first-order valence-corrected chi connectivity index (χ1v) is 13.2. The molecule has 198 valence electrons. The zero-order valence-corrected chi connectivity index (χ0v) is 23.3. The fourth-order valence-electron chi connectivity index (χ4n) is 4.15. The lowest BCUT2D eigenvalue weighted by molar-refractivity contribution is -0.113. The van der Waals surface area contributed by atoms with Crippen molar-refractivity contribution in [1.82, 2.24) is 9.55 Å². The van der Waals surface area contributed by atoms with Gasteiger partial charge in [0.15, 0.2) is 0 Å². The number of amides is 1. The molecule has 0 fully saturated rings. The number of carbonyl (C=O) groups is 1. The van der Waals surface area contributed by atoms with E-state index in [9.17, 15) is 9.59 Å². The van der Waals surface area contributed by atoms with Gasteiger partial charge in [0.25, 0.3) is 5.56 Å². The molecule has 0 saturated heterocycles. The van der Waals surface area contributed by atoms with E-state index in [1.165, 1.54) is 11.0 Å². The molecule has 0 atom stereocenters. The van der Waals surface area contributed by atoms with Gasteiger partial charge in [0.1, 0.15) is 0 Å². The Hall–Kier alpha value is -4.77. The summed E-state index contributed by atoms with van der Waals surface area (Å²) in [5.74, 6) is -0.225. The van der Waals surface area contributed by atoms with Crippen LogP contribution in [0.25, 0.3) is 39.6 Å². The molecule has 3 aromatic carbocycles. The molecule has 0 radical (unpaired) electrons. The van der Waals surface area contributed by atoms with Crippen molar-refractivity contribution in [2.75, 3.05) is 11.9 Å². The summed E-state index contributed by atoms with van der Waals surface area (Å²) < 4.78 is 1.68. The van der Waals surface area contributed by atoms with E-state index in [1.807, 2.05) is 94.4 Å². The molecule has 1 amide bonds. The summed E-state index contributed by atoms with van der Waals surface area (Å²) >= 11 is 0. The van der Waals surface area contributed by atoms with Crippen molar-refractivity contribution in [2.45, 2.75) is 27.7 Å². The Labute approximate surface area is 230 Å². The highest BCUT2D eigenvalue weighted by Crippen LogP contribution is 2.27. The third kappa shape index (κ3) is 6.39. The monoisotopic (exact) mass is 517 g/mol. The van der Waals surface area contributed by atoms with Crippen LogP contribution in [-0.4, -0.2) is 22.5 Å². The molecular weight excluding hydrogens is 482 g/mol. The predicted octanol–water partition coefficient (Wildman–Crippen LogP) is 7.91. The van der Waals surface area contributed by atoms with E-state index in [4.69, 9.17) is 0 Å². The molecule has 5 rings (SSSR count). The number of anilines is 1. The maximum absolute atomic E-state index is 13.2. The van der Waals surface area contributed by atoms with Gasteiger partial charge in [-0.3, -0.25) is 19.1 Å². The number of benzene rings is 3. The molecule has 2 aromatic heterocycles. The molecule has 0 saturated carbocycles. The molecular formula is C34H35N3O2. The van der Waals surface area contributed by atoms with Crippen molar-refractivity contribution in [3.05, 3.63) is 125 Å². The topological polar surface area (TPSA) is 55.2 Å². The summed E-state index contributed by atoms with van der Waals surface area (Å²) in [6.45, 7) is 11.6. The summed E-state index contributed by atoms with van der Waals surface area (Å²) in [4.78, 5) is 31.4. The SMILES string of the molecule is C=CC(=O)N(C)c1cccc(-n2c(=O)ccc3cnc4ccc(/C=C/c5ccccc5)cc4c32)c1.CC.CC. The molecule has 0 spiro atoms. The van der Waals surface area contributed by atoms with E-state index < -0.39 is 0 Å². The smallest absolute Gasteiger partial charge is 0.255 e. The Morgan fingerprint density at radius 3 is 2.28 bits per heavy atom. The maximum atomic E-state index is 13.2. The fraction of sp³-hybridized carbons (Fsp3) is 0.147. The van der Waals surface area contributed by atoms with E-state index in [1.54, 1.807) is 29.9 Å². The Morgan fingerprint density at radius 2 is 1.56 bits per heavy atom. The van der Waals surface area contributed by atoms with Crippen LogP contribution in [-0.2, 0) is 4.79 Å². The average molecular weight is 518 g/mol. The number of hydrogen-bond acceptors (Lipinski definition) is 3. The zero-order valence-electron chi connectivity index (χ0n) is 23.3. The molecule has 5 heteroatoms. The Kier molecular flexibility index (Phi) is 10.1. The van der Waals surface area contributed by atoms with Crippen LogP contribution < -0.4 is 10.5 Å². The van der Waals surface area contributed by atoms with Gasteiger partial charge in [0, 0.05) is 35.8 Å². The van der Waals surface area contributed by atoms with Gasteiger partial charge in [-0.2, -0.15) is 0 Å². The van der Waals surface area contributed by atoms with E-state index in [2.05, 4.69) is 29.8 Å². The maximum Gasteiger partial charge on any atom is 0.255 e. The van der Waals surface area contributed by atoms with Crippen LogP contribution in [0, 0.1) is 0 Å². The fourth-order valence-corrected chi connectivity index (χ4v) is 4.15. The third-order valence-corrected chi connectivity index (χ3v) is 5.99. The van der Waals surface area contributed by atoms with E-state index in [0.717, 1.165) is 32.9 Å². The number of fused-ring (bicyclic) bond motifs is 3. The van der Waals surface area contributed by atoms with Crippen molar-refractivity contribution < 1.29 is 4.79 Å². The molecule has 0 bridgehead atoms. The normalized spacial score (nSPS) is 10.4. The van der Waals surface area contributed by atoms with Gasteiger partial charge in [-0.25, -0.2) is 0 Å². The van der Waals surface area contributed by atoms with E-state index >= 15 is 0 Å². The zero-order chi connectivity index (χ0) is 28.4. The molecule has 0 N–H and O–H groups in total. The molecule has 0 unspecified atom stereocenters. The average Bonchev–Trinajstić information content (AvgIpc) is 3.01.